The van der Waals surface area contributed by atoms with Gasteiger partial charge in [0.25, 0.3) is 5.91 Å². The van der Waals surface area contributed by atoms with Gasteiger partial charge in [0.2, 0.25) is 0 Å². The monoisotopic (exact) mass is 338 g/mol. The Morgan fingerprint density at radius 1 is 1.20 bits per heavy atom. The van der Waals surface area contributed by atoms with E-state index in [0.717, 1.165) is 47.0 Å². The lowest BCUT2D eigenvalue weighted by Gasteiger charge is -2.35. The fourth-order valence-corrected chi connectivity index (χ4v) is 4.31. The first kappa shape index (κ1) is 16.1. The van der Waals surface area contributed by atoms with Crippen LogP contribution >= 0.6 is 0 Å². The number of aromatic nitrogens is 1. The van der Waals surface area contributed by atoms with Crippen molar-refractivity contribution in [3.8, 4) is 0 Å². The minimum absolute atomic E-state index is 0.0328. The van der Waals surface area contributed by atoms with Crippen LogP contribution in [0.5, 0.6) is 0 Å². The van der Waals surface area contributed by atoms with Crippen LogP contribution < -0.4 is 0 Å². The Labute approximate surface area is 146 Å². The molecule has 0 bridgehead atoms. The molecule has 2 aliphatic rings. The Kier molecular flexibility index (Phi) is 3.94. The van der Waals surface area contributed by atoms with Gasteiger partial charge in [0.15, 0.2) is 0 Å². The summed E-state index contributed by atoms with van der Waals surface area (Å²) in [5.41, 5.74) is 3.69. The third-order valence-electron chi connectivity index (χ3n) is 5.43. The maximum absolute atomic E-state index is 13.4. The second-order valence-corrected chi connectivity index (χ2v) is 7.37. The third kappa shape index (κ3) is 2.77. The van der Waals surface area contributed by atoms with Crippen LogP contribution in [0.2, 0.25) is 0 Å². The van der Waals surface area contributed by atoms with Gasteiger partial charge in [0, 0.05) is 24.2 Å². The molecule has 2 atom stereocenters. The zero-order valence-electron chi connectivity index (χ0n) is 14.4. The van der Waals surface area contributed by atoms with Gasteiger partial charge in [-0.25, -0.2) is 0 Å². The van der Waals surface area contributed by atoms with Crippen LogP contribution in [0.1, 0.15) is 41.4 Å². The van der Waals surface area contributed by atoms with Crippen LogP contribution in [0.4, 0.5) is 0 Å². The van der Waals surface area contributed by atoms with Gasteiger partial charge >= 0.3 is 5.97 Å². The van der Waals surface area contributed by atoms with Crippen molar-refractivity contribution in [2.75, 3.05) is 13.1 Å². The first-order valence-electron chi connectivity index (χ1n) is 8.97. The topological polar surface area (TPSA) is 70.5 Å². The van der Waals surface area contributed by atoms with E-state index in [4.69, 9.17) is 4.98 Å². The normalized spacial score (nSPS) is 22.8. The average molecular weight is 338 g/mol. The Bertz CT molecular complexity index is 861. The van der Waals surface area contributed by atoms with E-state index >= 15 is 0 Å². The van der Waals surface area contributed by atoms with Crippen molar-refractivity contribution in [3.63, 3.8) is 0 Å². The Morgan fingerprint density at radius 3 is 2.80 bits per heavy atom. The summed E-state index contributed by atoms with van der Waals surface area (Å²) in [6, 6.07) is 7.77. The molecule has 5 heteroatoms. The van der Waals surface area contributed by atoms with E-state index in [9.17, 15) is 14.7 Å². The number of amides is 1. The van der Waals surface area contributed by atoms with E-state index in [1.807, 2.05) is 31.2 Å². The maximum atomic E-state index is 13.4. The molecule has 130 valence electrons. The number of carbonyl (C=O) groups is 2. The molecule has 5 nitrogen and oxygen atoms in total. The van der Waals surface area contributed by atoms with E-state index in [1.165, 1.54) is 0 Å². The number of carboxylic acid groups (broad SMARTS) is 1. The molecule has 1 fully saturated rings. The maximum Gasteiger partial charge on any atom is 0.308 e. The molecule has 1 saturated heterocycles. The molecule has 1 amide bonds. The second kappa shape index (κ2) is 6.14. The van der Waals surface area contributed by atoms with Crippen LogP contribution in [-0.4, -0.2) is 40.0 Å². The third-order valence-corrected chi connectivity index (χ3v) is 5.43. The van der Waals surface area contributed by atoms with Crippen LogP contribution in [0.25, 0.3) is 10.9 Å². The molecule has 25 heavy (non-hydrogen) atoms. The Balaban J connectivity index is 1.79. The highest BCUT2D eigenvalue weighted by Gasteiger charge is 2.34. The average Bonchev–Trinajstić information content (AvgIpc) is 3.06. The largest absolute Gasteiger partial charge is 0.481 e. The smallest absolute Gasteiger partial charge is 0.308 e. The highest BCUT2D eigenvalue weighted by Crippen LogP contribution is 2.32. The van der Waals surface area contributed by atoms with Gasteiger partial charge in [-0.2, -0.15) is 0 Å². The van der Waals surface area contributed by atoms with Crippen molar-refractivity contribution >= 4 is 22.8 Å². The molecule has 0 radical (unpaired) electrons. The molecule has 4 rings (SSSR count). The van der Waals surface area contributed by atoms with Crippen molar-refractivity contribution in [2.45, 2.75) is 32.6 Å². The minimum Gasteiger partial charge on any atom is -0.481 e. The van der Waals surface area contributed by atoms with Crippen LogP contribution in [0.3, 0.4) is 0 Å². The van der Waals surface area contributed by atoms with Crippen LogP contribution in [0, 0.1) is 11.8 Å². The number of hydrogen-bond acceptors (Lipinski definition) is 3. The lowest BCUT2D eigenvalue weighted by Crippen LogP contribution is -2.45. The second-order valence-electron chi connectivity index (χ2n) is 7.37. The number of nitrogens with zero attached hydrogens (tertiary/aromatic N) is 2. The van der Waals surface area contributed by atoms with Gasteiger partial charge in [-0.15, -0.1) is 0 Å². The molecule has 0 saturated carbocycles. The highest BCUT2D eigenvalue weighted by molar-refractivity contribution is 6.08. The molecular weight excluding hydrogens is 316 g/mol. The number of rotatable bonds is 2. The lowest BCUT2D eigenvalue weighted by atomic mass is 9.89. The zero-order chi connectivity index (χ0) is 17.6. The summed E-state index contributed by atoms with van der Waals surface area (Å²) in [6.07, 6.45) is 3.44. The van der Waals surface area contributed by atoms with Crippen molar-refractivity contribution in [2.24, 2.45) is 11.8 Å². The molecule has 1 aliphatic heterocycles. The summed E-state index contributed by atoms with van der Waals surface area (Å²) in [4.78, 5) is 31.3. The van der Waals surface area contributed by atoms with E-state index in [1.54, 1.807) is 4.90 Å². The lowest BCUT2D eigenvalue weighted by molar-refractivity contribution is -0.143. The SMILES string of the molecule is CC1CC(C(=O)O)CN(C(=O)c2c3c(nc4ccccc24)CCC3)C1. The molecule has 1 aromatic heterocycles. The van der Waals surface area contributed by atoms with Gasteiger partial charge < -0.3 is 10.0 Å². The summed E-state index contributed by atoms with van der Waals surface area (Å²) in [5.74, 6) is -1.13. The number of carbonyl (C=O) groups excluding carboxylic acids is 1. The summed E-state index contributed by atoms with van der Waals surface area (Å²) in [5, 5.41) is 10.3. The molecular formula is C20H22N2O3. The fourth-order valence-electron chi connectivity index (χ4n) is 4.31. The number of pyridine rings is 1. The predicted octanol–water partition coefficient (Wildman–Crippen LogP) is 2.91. The number of hydrogen-bond donors (Lipinski definition) is 1. The number of likely N-dealkylation sites (tertiary alicyclic amines) is 1. The number of aliphatic carboxylic acids is 1. The molecule has 2 unspecified atom stereocenters. The fraction of sp³-hybridized carbons (Fsp3) is 0.450. The van der Waals surface area contributed by atoms with Crippen molar-refractivity contribution in [3.05, 3.63) is 41.1 Å². The quantitative estimate of drug-likeness (QED) is 0.914. The summed E-state index contributed by atoms with van der Waals surface area (Å²) in [7, 11) is 0. The standard InChI is InChI=1S/C20H22N2O3/c1-12-9-13(20(24)25)11-22(10-12)19(23)18-14-5-2-3-7-16(14)21-17-8-4-6-15(17)18/h2-3,5,7,12-13H,4,6,8-11H2,1H3,(H,24,25). The van der Waals surface area contributed by atoms with E-state index in [2.05, 4.69) is 0 Å². The van der Waals surface area contributed by atoms with Crippen LogP contribution in [-0.2, 0) is 17.6 Å². The van der Waals surface area contributed by atoms with Gasteiger partial charge in [-0.1, -0.05) is 25.1 Å². The van der Waals surface area contributed by atoms with Crippen LogP contribution in [0.15, 0.2) is 24.3 Å². The van der Waals surface area contributed by atoms with Gasteiger partial charge in [0.05, 0.1) is 17.0 Å². The number of piperidine rings is 1. The molecule has 0 spiro atoms. The Hall–Kier alpha value is -2.43. The summed E-state index contributed by atoms with van der Waals surface area (Å²) < 4.78 is 0. The van der Waals surface area contributed by atoms with Crippen molar-refractivity contribution in [1.82, 2.24) is 9.88 Å². The molecule has 1 aromatic carbocycles. The van der Waals surface area contributed by atoms with E-state index in [-0.39, 0.29) is 11.8 Å². The molecule has 2 aromatic rings. The first-order chi connectivity index (χ1) is 12.0. The van der Waals surface area contributed by atoms with Gasteiger partial charge in [-0.05, 0) is 43.2 Å². The Morgan fingerprint density at radius 2 is 2.00 bits per heavy atom. The summed E-state index contributed by atoms with van der Waals surface area (Å²) in [6.45, 7) is 2.93. The molecule has 1 aliphatic carbocycles. The number of para-hydroxylation sites is 1. The number of aryl methyl sites for hydroxylation is 1. The molecule has 1 N–H and O–H groups in total. The van der Waals surface area contributed by atoms with E-state index in [0.29, 0.717) is 19.5 Å². The number of carboxylic acids is 1. The number of fused-ring (bicyclic) bond motifs is 2. The van der Waals surface area contributed by atoms with Crippen molar-refractivity contribution < 1.29 is 14.7 Å². The first-order valence-corrected chi connectivity index (χ1v) is 8.97. The summed E-state index contributed by atoms with van der Waals surface area (Å²) >= 11 is 0. The van der Waals surface area contributed by atoms with Gasteiger partial charge in [-0.3, -0.25) is 14.6 Å². The predicted molar refractivity (Wildman–Crippen MR) is 94.6 cm³/mol. The zero-order valence-corrected chi connectivity index (χ0v) is 14.4. The highest BCUT2D eigenvalue weighted by atomic mass is 16.4. The van der Waals surface area contributed by atoms with Crippen molar-refractivity contribution in [1.29, 1.82) is 0 Å². The minimum atomic E-state index is -0.811. The van der Waals surface area contributed by atoms with Gasteiger partial charge in [0.1, 0.15) is 0 Å². The van der Waals surface area contributed by atoms with E-state index < -0.39 is 11.9 Å². The number of benzene rings is 1. The molecule has 2 heterocycles.